The third-order valence-electron chi connectivity index (χ3n) is 2.86. The summed E-state index contributed by atoms with van der Waals surface area (Å²) in [6.07, 6.45) is 1.76. The molecule has 0 aliphatic rings. The SMILES string of the molecule is Fc1ccc(-c2ccccn2)c([Se]c2ccccc2)c1. The van der Waals surface area contributed by atoms with E-state index in [2.05, 4.69) is 17.1 Å². The topological polar surface area (TPSA) is 12.9 Å². The molecular weight excluding hydrogens is 316 g/mol. The van der Waals surface area contributed by atoms with Crippen LogP contribution in [-0.4, -0.2) is 19.9 Å². The first kappa shape index (κ1) is 13.0. The summed E-state index contributed by atoms with van der Waals surface area (Å²) < 4.78 is 15.8. The average molecular weight is 328 g/mol. The van der Waals surface area contributed by atoms with Crippen LogP contribution in [0.3, 0.4) is 0 Å². The second-order valence-corrected chi connectivity index (χ2v) is 6.61. The van der Waals surface area contributed by atoms with E-state index in [0.717, 1.165) is 15.7 Å². The first-order valence-corrected chi connectivity index (χ1v) is 7.98. The van der Waals surface area contributed by atoms with Crippen LogP contribution < -0.4 is 8.92 Å². The number of benzene rings is 2. The van der Waals surface area contributed by atoms with Gasteiger partial charge in [0.05, 0.1) is 0 Å². The predicted octanol–water partition coefficient (Wildman–Crippen LogP) is 2.54. The van der Waals surface area contributed by atoms with Crippen molar-refractivity contribution in [3.63, 3.8) is 0 Å². The Bertz CT molecular complexity index is 699. The monoisotopic (exact) mass is 329 g/mol. The van der Waals surface area contributed by atoms with E-state index in [1.165, 1.54) is 10.5 Å². The number of nitrogens with zero attached hydrogens (tertiary/aromatic N) is 1. The van der Waals surface area contributed by atoms with Crippen molar-refractivity contribution in [2.24, 2.45) is 0 Å². The summed E-state index contributed by atoms with van der Waals surface area (Å²) in [5.74, 6) is -0.197. The minimum absolute atomic E-state index is 0.0657. The van der Waals surface area contributed by atoms with Crippen LogP contribution >= 0.6 is 0 Å². The molecule has 0 unspecified atom stereocenters. The van der Waals surface area contributed by atoms with E-state index < -0.39 is 0 Å². The number of rotatable bonds is 3. The van der Waals surface area contributed by atoms with E-state index in [-0.39, 0.29) is 20.8 Å². The molecular formula is C17H12FNSe. The van der Waals surface area contributed by atoms with E-state index in [0.29, 0.717) is 0 Å². The molecule has 0 radical (unpaired) electrons. The van der Waals surface area contributed by atoms with Gasteiger partial charge in [-0.2, -0.15) is 0 Å². The van der Waals surface area contributed by atoms with Gasteiger partial charge in [0.2, 0.25) is 0 Å². The standard InChI is InChI=1S/C17H12FNSe/c18-13-9-10-15(16-8-4-5-11-19-16)17(12-13)20-14-6-2-1-3-7-14/h1-12H. The molecule has 1 heterocycles. The average Bonchev–Trinajstić information content (AvgIpc) is 2.49. The van der Waals surface area contributed by atoms with Crippen molar-refractivity contribution in [2.45, 2.75) is 0 Å². The Labute approximate surface area is 123 Å². The van der Waals surface area contributed by atoms with E-state index in [1.54, 1.807) is 12.3 Å². The Morgan fingerprint density at radius 3 is 2.40 bits per heavy atom. The number of pyridine rings is 1. The molecule has 0 atom stereocenters. The molecule has 3 rings (SSSR count). The summed E-state index contributed by atoms with van der Waals surface area (Å²) in [5, 5.41) is 0. The Morgan fingerprint density at radius 1 is 0.850 bits per heavy atom. The molecule has 0 N–H and O–H groups in total. The van der Waals surface area contributed by atoms with Gasteiger partial charge in [0.25, 0.3) is 0 Å². The molecule has 98 valence electrons. The number of hydrogen-bond acceptors (Lipinski definition) is 1. The predicted molar refractivity (Wildman–Crippen MR) is 81.1 cm³/mol. The summed E-state index contributed by atoms with van der Waals surface area (Å²) >= 11 is 0.0657. The Morgan fingerprint density at radius 2 is 1.65 bits per heavy atom. The van der Waals surface area contributed by atoms with Crippen LogP contribution in [0.2, 0.25) is 0 Å². The molecule has 0 bridgehead atoms. The van der Waals surface area contributed by atoms with Crippen molar-refractivity contribution in [1.29, 1.82) is 0 Å². The van der Waals surface area contributed by atoms with E-state index in [9.17, 15) is 4.39 Å². The van der Waals surface area contributed by atoms with Crippen LogP contribution in [0.1, 0.15) is 0 Å². The summed E-state index contributed by atoms with van der Waals surface area (Å²) in [6, 6.07) is 20.9. The molecule has 0 saturated heterocycles. The second-order valence-electron chi connectivity index (χ2n) is 4.27. The van der Waals surface area contributed by atoms with Crippen molar-refractivity contribution < 1.29 is 4.39 Å². The third kappa shape index (κ3) is 2.95. The van der Waals surface area contributed by atoms with Crippen LogP contribution in [-0.2, 0) is 0 Å². The molecule has 1 nitrogen and oxygen atoms in total. The summed E-state index contributed by atoms with van der Waals surface area (Å²) in [4.78, 5) is 4.37. The van der Waals surface area contributed by atoms with Gasteiger partial charge in [-0.25, -0.2) is 0 Å². The third-order valence-corrected chi connectivity index (χ3v) is 5.09. The van der Waals surface area contributed by atoms with Crippen LogP contribution in [0.25, 0.3) is 11.3 Å². The van der Waals surface area contributed by atoms with Crippen molar-refractivity contribution in [2.75, 3.05) is 0 Å². The number of aromatic nitrogens is 1. The van der Waals surface area contributed by atoms with Crippen molar-refractivity contribution in [3.8, 4) is 11.3 Å². The molecule has 3 aromatic rings. The normalized spacial score (nSPS) is 10.4. The van der Waals surface area contributed by atoms with Gasteiger partial charge in [-0.15, -0.1) is 0 Å². The molecule has 0 aliphatic carbocycles. The van der Waals surface area contributed by atoms with Gasteiger partial charge in [-0.1, -0.05) is 0 Å². The number of halogens is 1. The second kappa shape index (κ2) is 6.00. The fraction of sp³-hybridized carbons (Fsp3) is 0. The van der Waals surface area contributed by atoms with E-state index in [4.69, 9.17) is 0 Å². The summed E-state index contributed by atoms with van der Waals surface area (Å²) in [5.41, 5.74) is 1.90. The maximum absolute atomic E-state index is 13.6. The van der Waals surface area contributed by atoms with Crippen LogP contribution in [0, 0.1) is 5.82 Å². The van der Waals surface area contributed by atoms with Gasteiger partial charge in [-0.3, -0.25) is 0 Å². The summed E-state index contributed by atoms with van der Waals surface area (Å²) in [7, 11) is 0. The Hall–Kier alpha value is -1.96. The first-order valence-electron chi connectivity index (χ1n) is 6.27. The fourth-order valence-corrected chi connectivity index (χ4v) is 4.03. The zero-order valence-corrected chi connectivity index (χ0v) is 12.4. The molecule has 2 aromatic carbocycles. The van der Waals surface area contributed by atoms with Crippen LogP contribution in [0.4, 0.5) is 4.39 Å². The van der Waals surface area contributed by atoms with Gasteiger partial charge in [0.15, 0.2) is 0 Å². The quantitative estimate of drug-likeness (QED) is 0.674. The van der Waals surface area contributed by atoms with Gasteiger partial charge in [-0.05, 0) is 0 Å². The van der Waals surface area contributed by atoms with E-state index >= 15 is 0 Å². The van der Waals surface area contributed by atoms with Gasteiger partial charge in [0, 0.05) is 0 Å². The van der Waals surface area contributed by atoms with Gasteiger partial charge < -0.3 is 0 Å². The van der Waals surface area contributed by atoms with E-state index in [1.807, 2.05) is 42.5 Å². The zero-order valence-electron chi connectivity index (χ0n) is 10.7. The number of hydrogen-bond donors (Lipinski definition) is 0. The van der Waals surface area contributed by atoms with Crippen molar-refractivity contribution in [3.05, 3.63) is 78.7 Å². The fourth-order valence-electron chi connectivity index (χ4n) is 1.93. The molecule has 0 fully saturated rings. The molecule has 0 saturated carbocycles. The van der Waals surface area contributed by atoms with Crippen LogP contribution in [0.5, 0.6) is 0 Å². The molecule has 0 spiro atoms. The van der Waals surface area contributed by atoms with Crippen molar-refractivity contribution in [1.82, 2.24) is 4.98 Å². The molecule has 20 heavy (non-hydrogen) atoms. The van der Waals surface area contributed by atoms with Crippen LogP contribution in [0.15, 0.2) is 72.9 Å². The summed E-state index contributed by atoms with van der Waals surface area (Å²) in [6.45, 7) is 0. The van der Waals surface area contributed by atoms with Crippen molar-refractivity contribution >= 4 is 23.9 Å². The Balaban J connectivity index is 2.03. The zero-order chi connectivity index (χ0) is 13.8. The molecule has 0 amide bonds. The molecule has 1 aromatic heterocycles. The maximum atomic E-state index is 13.6. The van der Waals surface area contributed by atoms with Gasteiger partial charge >= 0.3 is 123 Å². The Kier molecular flexibility index (Phi) is 3.91. The molecule has 3 heteroatoms. The molecule has 0 aliphatic heterocycles. The van der Waals surface area contributed by atoms with Gasteiger partial charge in [0.1, 0.15) is 0 Å². The first-order chi connectivity index (χ1) is 9.83. The minimum atomic E-state index is -0.197.